The Morgan fingerprint density at radius 2 is 2.00 bits per heavy atom. The van der Waals surface area contributed by atoms with Crippen LogP contribution in [0.4, 0.5) is 0 Å². The molecule has 0 saturated carbocycles. The second-order valence-corrected chi connectivity index (χ2v) is 2.17. The molecule has 0 aliphatic carbocycles. The van der Waals surface area contributed by atoms with Crippen LogP contribution in [-0.4, -0.2) is 6.04 Å². The minimum atomic E-state index is -0.601. The topological polar surface area (TPSA) is 59.6 Å². The van der Waals surface area contributed by atoms with Crippen molar-refractivity contribution >= 4 is 0 Å². The van der Waals surface area contributed by atoms with Gasteiger partial charge in [0.15, 0.2) is 5.92 Å². The summed E-state index contributed by atoms with van der Waals surface area (Å²) in [5.41, 5.74) is 0. The van der Waals surface area contributed by atoms with Gasteiger partial charge in [0, 0.05) is 0 Å². The molecule has 1 atom stereocenters. The maximum absolute atomic E-state index is 8.51. The zero-order valence-corrected chi connectivity index (χ0v) is 5.86. The summed E-state index contributed by atoms with van der Waals surface area (Å²) >= 11 is 0. The molecule has 0 aromatic carbocycles. The Kier molecular flexibility index (Phi) is 2.30. The van der Waals surface area contributed by atoms with Crippen molar-refractivity contribution < 1.29 is 0 Å². The van der Waals surface area contributed by atoms with Crippen LogP contribution in [0.3, 0.4) is 0 Å². The fourth-order valence-corrected chi connectivity index (χ4v) is 0.858. The molecule has 1 heterocycles. The average Bonchev–Trinajstić information content (AvgIpc) is 2.09. The molecule has 3 heteroatoms. The fraction of sp³-hybridized carbons (Fsp3) is 0.250. The minimum Gasteiger partial charge on any atom is -0.382 e. The van der Waals surface area contributed by atoms with Crippen LogP contribution in [0.1, 0.15) is 0 Å². The van der Waals surface area contributed by atoms with Crippen molar-refractivity contribution in [2.24, 2.45) is 5.92 Å². The van der Waals surface area contributed by atoms with Crippen molar-refractivity contribution in [3.8, 4) is 12.1 Å². The summed E-state index contributed by atoms with van der Waals surface area (Å²) in [6, 6.07) is 3.67. The normalized spacial score (nSPS) is 20.5. The van der Waals surface area contributed by atoms with E-state index in [4.69, 9.17) is 10.5 Å². The van der Waals surface area contributed by atoms with E-state index < -0.39 is 5.92 Å². The second kappa shape index (κ2) is 3.43. The van der Waals surface area contributed by atoms with Gasteiger partial charge in [0.1, 0.15) is 0 Å². The number of rotatable bonds is 1. The van der Waals surface area contributed by atoms with Gasteiger partial charge >= 0.3 is 0 Å². The molecule has 0 fully saturated rings. The summed E-state index contributed by atoms with van der Waals surface area (Å²) in [6.45, 7) is 0. The summed E-state index contributed by atoms with van der Waals surface area (Å²) in [5, 5.41) is 19.9. The highest BCUT2D eigenvalue weighted by Gasteiger charge is 2.16. The first-order valence-electron chi connectivity index (χ1n) is 3.27. The Morgan fingerprint density at radius 3 is 2.45 bits per heavy atom. The molecule has 0 amide bonds. The van der Waals surface area contributed by atoms with Gasteiger partial charge in [-0.05, 0) is 12.3 Å². The molecule has 54 valence electrons. The lowest BCUT2D eigenvalue weighted by atomic mass is 10.0. The molecule has 11 heavy (non-hydrogen) atoms. The lowest BCUT2D eigenvalue weighted by Gasteiger charge is -2.14. The number of nitrogens with one attached hydrogen (secondary N) is 1. The van der Waals surface area contributed by atoms with Crippen molar-refractivity contribution in [1.82, 2.24) is 5.32 Å². The smallest absolute Gasteiger partial charge is 0.156 e. The molecule has 0 spiro atoms. The number of nitriles is 2. The van der Waals surface area contributed by atoms with Gasteiger partial charge in [-0.2, -0.15) is 10.5 Å². The molecule has 0 saturated heterocycles. The van der Waals surface area contributed by atoms with Crippen LogP contribution in [0.2, 0.25) is 0 Å². The van der Waals surface area contributed by atoms with Crippen LogP contribution in [0.25, 0.3) is 0 Å². The highest BCUT2D eigenvalue weighted by molar-refractivity contribution is 5.19. The van der Waals surface area contributed by atoms with Crippen molar-refractivity contribution in [3.05, 3.63) is 24.4 Å². The predicted octanol–water partition coefficient (Wildman–Crippen LogP) is 0.691. The van der Waals surface area contributed by atoms with E-state index in [0.29, 0.717) is 0 Å². The first kappa shape index (κ1) is 7.37. The number of nitrogens with zero attached hydrogens (tertiary/aromatic N) is 2. The number of hydrogen-bond acceptors (Lipinski definition) is 3. The predicted molar refractivity (Wildman–Crippen MR) is 39.9 cm³/mol. The third-order valence-electron chi connectivity index (χ3n) is 1.45. The van der Waals surface area contributed by atoms with Crippen LogP contribution in [0.5, 0.6) is 0 Å². The first-order valence-corrected chi connectivity index (χ1v) is 3.27. The van der Waals surface area contributed by atoms with Crippen LogP contribution in [0.15, 0.2) is 24.4 Å². The van der Waals surface area contributed by atoms with Crippen LogP contribution in [0, 0.1) is 28.6 Å². The summed E-state index contributed by atoms with van der Waals surface area (Å²) in [5.74, 6) is -0.601. The van der Waals surface area contributed by atoms with E-state index in [1.165, 1.54) is 0 Å². The van der Waals surface area contributed by atoms with Gasteiger partial charge in [-0.15, -0.1) is 0 Å². The van der Waals surface area contributed by atoms with Crippen LogP contribution < -0.4 is 5.32 Å². The summed E-state index contributed by atoms with van der Waals surface area (Å²) in [6.07, 6.45) is 7.18. The van der Waals surface area contributed by atoms with E-state index in [9.17, 15) is 0 Å². The molecule has 0 bridgehead atoms. The Bertz CT molecular complexity index is 250. The Balaban J connectivity index is 2.64. The zero-order valence-electron chi connectivity index (χ0n) is 5.86. The van der Waals surface area contributed by atoms with Crippen molar-refractivity contribution in [3.63, 3.8) is 0 Å². The number of allylic oxidation sites excluding steroid dienone is 2. The highest BCUT2D eigenvalue weighted by Crippen LogP contribution is 2.05. The van der Waals surface area contributed by atoms with E-state index in [1.54, 1.807) is 12.3 Å². The monoisotopic (exact) mass is 145 g/mol. The third-order valence-corrected chi connectivity index (χ3v) is 1.45. The lowest BCUT2D eigenvalue weighted by Crippen LogP contribution is -2.30. The van der Waals surface area contributed by atoms with E-state index in [1.807, 2.05) is 24.3 Å². The van der Waals surface area contributed by atoms with Gasteiger partial charge in [-0.3, -0.25) is 0 Å². The highest BCUT2D eigenvalue weighted by atomic mass is 14.9. The van der Waals surface area contributed by atoms with Crippen LogP contribution in [-0.2, 0) is 0 Å². The van der Waals surface area contributed by atoms with Gasteiger partial charge in [0.2, 0.25) is 0 Å². The van der Waals surface area contributed by atoms with Gasteiger partial charge in [-0.1, -0.05) is 12.2 Å². The summed E-state index contributed by atoms with van der Waals surface area (Å²) < 4.78 is 0. The Labute approximate surface area is 65.2 Å². The molecule has 1 unspecified atom stereocenters. The Morgan fingerprint density at radius 1 is 1.27 bits per heavy atom. The van der Waals surface area contributed by atoms with Gasteiger partial charge < -0.3 is 5.32 Å². The summed E-state index contributed by atoms with van der Waals surface area (Å²) in [7, 11) is 0. The van der Waals surface area contributed by atoms with Crippen molar-refractivity contribution in [1.29, 1.82) is 10.5 Å². The largest absolute Gasteiger partial charge is 0.382 e. The molecule has 1 rings (SSSR count). The van der Waals surface area contributed by atoms with Crippen molar-refractivity contribution in [2.45, 2.75) is 6.04 Å². The maximum Gasteiger partial charge on any atom is 0.156 e. The maximum atomic E-state index is 8.51. The molecular weight excluding hydrogens is 138 g/mol. The SMILES string of the molecule is N#CC(C#N)C1C=CC=CN1. The van der Waals surface area contributed by atoms with E-state index in [2.05, 4.69) is 5.32 Å². The van der Waals surface area contributed by atoms with E-state index in [0.717, 1.165) is 0 Å². The zero-order chi connectivity index (χ0) is 8.10. The molecule has 0 radical (unpaired) electrons. The quantitative estimate of drug-likeness (QED) is 0.590. The van der Waals surface area contributed by atoms with Gasteiger partial charge in [0.05, 0.1) is 18.2 Å². The second-order valence-electron chi connectivity index (χ2n) is 2.17. The summed E-state index contributed by atoms with van der Waals surface area (Å²) in [4.78, 5) is 0. The lowest BCUT2D eigenvalue weighted by molar-refractivity contribution is 0.621. The fourth-order valence-electron chi connectivity index (χ4n) is 0.858. The standard InChI is InChI=1S/C8H7N3/c9-5-7(6-10)8-3-1-2-4-11-8/h1-4,7-8,11H. The average molecular weight is 145 g/mol. The molecule has 0 aromatic heterocycles. The molecule has 3 nitrogen and oxygen atoms in total. The molecule has 0 aromatic rings. The molecule has 1 aliphatic rings. The molecule has 1 aliphatic heterocycles. The molecule has 1 N–H and O–H groups in total. The molecular formula is C8H7N3. The third kappa shape index (κ3) is 1.59. The van der Waals surface area contributed by atoms with Gasteiger partial charge in [-0.25, -0.2) is 0 Å². The van der Waals surface area contributed by atoms with E-state index >= 15 is 0 Å². The Hall–Kier alpha value is -1.74. The first-order chi connectivity index (χ1) is 5.38. The minimum absolute atomic E-state index is 0.157. The number of hydrogen-bond donors (Lipinski definition) is 1. The van der Waals surface area contributed by atoms with Crippen molar-refractivity contribution in [2.75, 3.05) is 0 Å². The van der Waals surface area contributed by atoms with E-state index in [-0.39, 0.29) is 6.04 Å². The van der Waals surface area contributed by atoms with Crippen LogP contribution >= 0.6 is 0 Å². The van der Waals surface area contributed by atoms with Gasteiger partial charge in [0.25, 0.3) is 0 Å². The number of dihydropyridines is 1.